The first kappa shape index (κ1) is 16.9. The molecule has 0 saturated carbocycles. The maximum atomic E-state index is 12.0. The molecule has 0 aliphatic carbocycles. The van der Waals surface area contributed by atoms with Crippen LogP contribution in [0.2, 0.25) is 0 Å². The van der Waals surface area contributed by atoms with Gasteiger partial charge in [-0.2, -0.15) is 0 Å². The first-order valence-electron chi connectivity index (χ1n) is 7.70. The van der Waals surface area contributed by atoms with Gasteiger partial charge in [0.25, 0.3) is 5.91 Å². The Balaban J connectivity index is 1.98. The highest BCUT2D eigenvalue weighted by Gasteiger charge is 2.07. The average molecular weight is 313 g/mol. The van der Waals surface area contributed by atoms with Crippen molar-refractivity contribution in [2.75, 3.05) is 32.5 Å². The molecule has 23 heavy (non-hydrogen) atoms. The van der Waals surface area contributed by atoms with Crippen LogP contribution in [0.4, 0.5) is 11.6 Å². The van der Waals surface area contributed by atoms with Crippen LogP contribution in [0.1, 0.15) is 22.8 Å². The third kappa shape index (κ3) is 5.03. The number of carbonyl (C=O) groups excluding carboxylic acids is 1. The fourth-order valence-corrected chi connectivity index (χ4v) is 2.08. The van der Waals surface area contributed by atoms with E-state index in [4.69, 9.17) is 0 Å². The van der Waals surface area contributed by atoms with Crippen molar-refractivity contribution < 1.29 is 4.79 Å². The molecule has 2 aromatic rings. The van der Waals surface area contributed by atoms with Crippen molar-refractivity contribution in [3.05, 3.63) is 47.8 Å². The Bertz CT molecular complexity index is 640. The lowest BCUT2D eigenvalue weighted by Gasteiger charge is -2.11. The second-order valence-electron chi connectivity index (χ2n) is 5.49. The van der Waals surface area contributed by atoms with Crippen LogP contribution in [0.5, 0.6) is 0 Å². The summed E-state index contributed by atoms with van der Waals surface area (Å²) in [7, 11) is 3.92. The number of rotatable bonds is 7. The normalized spacial score (nSPS) is 10.6. The standard InChI is InChI=1S/C17H23N5O/c1-4-13-7-5-6-8-15(13)21-17-19-11-14(12-20-17)16(23)18-9-10-22(2)3/h5-8,11-12H,4,9-10H2,1-3H3,(H,18,23)(H,19,20,21). The summed E-state index contributed by atoms with van der Waals surface area (Å²) in [6.07, 6.45) is 4.00. The number of aryl methyl sites for hydroxylation is 1. The molecule has 1 aromatic heterocycles. The molecule has 0 spiro atoms. The summed E-state index contributed by atoms with van der Waals surface area (Å²) in [5.74, 6) is 0.322. The number of anilines is 2. The molecule has 6 heteroatoms. The topological polar surface area (TPSA) is 70.2 Å². The van der Waals surface area contributed by atoms with Gasteiger partial charge in [-0.15, -0.1) is 0 Å². The van der Waals surface area contributed by atoms with Gasteiger partial charge in [-0.05, 0) is 32.1 Å². The van der Waals surface area contributed by atoms with E-state index >= 15 is 0 Å². The molecule has 122 valence electrons. The van der Waals surface area contributed by atoms with Gasteiger partial charge in [0.2, 0.25) is 5.95 Å². The second-order valence-corrected chi connectivity index (χ2v) is 5.49. The fourth-order valence-electron chi connectivity index (χ4n) is 2.08. The molecule has 0 aliphatic heterocycles. The molecule has 0 fully saturated rings. The van der Waals surface area contributed by atoms with E-state index < -0.39 is 0 Å². The Labute approximate surface area is 137 Å². The van der Waals surface area contributed by atoms with E-state index in [0.29, 0.717) is 18.1 Å². The van der Waals surface area contributed by atoms with Crippen LogP contribution in [-0.4, -0.2) is 48.0 Å². The Kier molecular flexibility index (Phi) is 6.05. The van der Waals surface area contributed by atoms with E-state index in [-0.39, 0.29) is 5.91 Å². The van der Waals surface area contributed by atoms with Crippen molar-refractivity contribution >= 4 is 17.5 Å². The number of hydrogen-bond donors (Lipinski definition) is 2. The number of hydrogen-bond acceptors (Lipinski definition) is 5. The SMILES string of the molecule is CCc1ccccc1Nc1ncc(C(=O)NCCN(C)C)cn1. The monoisotopic (exact) mass is 313 g/mol. The van der Waals surface area contributed by atoms with Gasteiger partial charge in [0, 0.05) is 31.2 Å². The summed E-state index contributed by atoms with van der Waals surface area (Å²) in [4.78, 5) is 22.4. The van der Waals surface area contributed by atoms with Crippen molar-refractivity contribution in [2.24, 2.45) is 0 Å². The number of carbonyl (C=O) groups is 1. The van der Waals surface area contributed by atoms with E-state index in [1.165, 1.54) is 18.0 Å². The van der Waals surface area contributed by atoms with Crippen molar-refractivity contribution in [1.82, 2.24) is 20.2 Å². The Morgan fingerprint density at radius 3 is 2.52 bits per heavy atom. The van der Waals surface area contributed by atoms with Crippen molar-refractivity contribution in [3.8, 4) is 0 Å². The van der Waals surface area contributed by atoms with Crippen LogP contribution in [0.15, 0.2) is 36.7 Å². The molecule has 0 bridgehead atoms. The van der Waals surface area contributed by atoms with E-state index in [0.717, 1.165) is 18.7 Å². The lowest BCUT2D eigenvalue weighted by Crippen LogP contribution is -2.31. The molecule has 0 unspecified atom stereocenters. The summed E-state index contributed by atoms with van der Waals surface area (Å²) in [5, 5.41) is 6.02. The highest BCUT2D eigenvalue weighted by atomic mass is 16.1. The lowest BCUT2D eigenvalue weighted by molar-refractivity contribution is 0.0950. The quantitative estimate of drug-likeness (QED) is 0.819. The van der Waals surface area contributed by atoms with Gasteiger partial charge in [0.15, 0.2) is 0 Å². The zero-order valence-corrected chi connectivity index (χ0v) is 13.8. The number of likely N-dealkylation sites (N-methyl/N-ethyl adjacent to an activating group) is 1. The number of para-hydroxylation sites is 1. The second kappa shape index (κ2) is 8.24. The zero-order chi connectivity index (χ0) is 16.7. The summed E-state index contributed by atoms with van der Waals surface area (Å²) in [6.45, 7) is 3.48. The molecule has 6 nitrogen and oxygen atoms in total. The Hall–Kier alpha value is -2.47. The maximum absolute atomic E-state index is 12.0. The van der Waals surface area contributed by atoms with Gasteiger partial charge in [-0.1, -0.05) is 25.1 Å². The van der Waals surface area contributed by atoms with Crippen LogP contribution < -0.4 is 10.6 Å². The highest BCUT2D eigenvalue weighted by Crippen LogP contribution is 2.18. The molecule has 1 heterocycles. The lowest BCUT2D eigenvalue weighted by atomic mass is 10.1. The summed E-state index contributed by atoms with van der Waals surface area (Å²) >= 11 is 0. The number of benzene rings is 1. The van der Waals surface area contributed by atoms with Gasteiger partial charge in [-0.25, -0.2) is 9.97 Å². The van der Waals surface area contributed by atoms with Crippen LogP contribution in [0, 0.1) is 0 Å². The van der Waals surface area contributed by atoms with Crippen LogP contribution >= 0.6 is 0 Å². The molecule has 2 N–H and O–H groups in total. The number of nitrogens with one attached hydrogen (secondary N) is 2. The van der Waals surface area contributed by atoms with E-state index in [1.807, 2.05) is 37.2 Å². The fraction of sp³-hybridized carbons (Fsp3) is 0.353. The van der Waals surface area contributed by atoms with Gasteiger partial charge >= 0.3 is 0 Å². The van der Waals surface area contributed by atoms with Crippen molar-refractivity contribution in [2.45, 2.75) is 13.3 Å². The smallest absolute Gasteiger partial charge is 0.254 e. The van der Waals surface area contributed by atoms with Gasteiger partial charge < -0.3 is 15.5 Å². The number of amides is 1. The molecule has 2 rings (SSSR count). The Morgan fingerprint density at radius 2 is 1.87 bits per heavy atom. The first-order valence-corrected chi connectivity index (χ1v) is 7.70. The highest BCUT2D eigenvalue weighted by molar-refractivity contribution is 5.93. The summed E-state index contributed by atoms with van der Waals surface area (Å²) in [5.41, 5.74) is 2.64. The van der Waals surface area contributed by atoms with Gasteiger partial charge in [0.05, 0.1) is 5.56 Å². The van der Waals surface area contributed by atoms with Crippen LogP contribution in [0.3, 0.4) is 0 Å². The number of nitrogens with zero attached hydrogens (tertiary/aromatic N) is 3. The molecule has 0 radical (unpaired) electrons. The zero-order valence-electron chi connectivity index (χ0n) is 13.8. The van der Waals surface area contributed by atoms with E-state index in [2.05, 4.69) is 33.6 Å². The van der Waals surface area contributed by atoms with Gasteiger partial charge in [-0.3, -0.25) is 4.79 Å². The van der Waals surface area contributed by atoms with Crippen molar-refractivity contribution in [1.29, 1.82) is 0 Å². The average Bonchev–Trinajstić information content (AvgIpc) is 2.55. The summed E-state index contributed by atoms with van der Waals surface area (Å²) in [6, 6.07) is 8.03. The number of aromatic nitrogens is 2. The van der Waals surface area contributed by atoms with Crippen molar-refractivity contribution in [3.63, 3.8) is 0 Å². The minimum Gasteiger partial charge on any atom is -0.351 e. The van der Waals surface area contributed by atoms with Crippen LogP contribution in [-0.2, 0) is 6.42 Å². The largest absolute Gasteiger partial charge is 0.351 e. The molecular weight excluding hydrogens is 290 g/mol. The van der Waals surface area contributed by atoms with Gasteiger partial charge in [0.1, 0.15) is 0 Å². The van der Waals surface area contributed by atoms with E-state index in [9.17, 15) is 4.79 Å². The first-order chi connectivity index (χ1) is 11.1. The van der Waals surface area contributed by atoms with Crippen LogP contribution in [0.25, 0.3) is 0 Å². The van der Waals surface area contributed by atoms with E-state index in [1.54, 1.807) is 0 Å². The molecule has 1 amide bonds. The minimum atomic E-state index is -0.160. The maximum Gasteiger partial charge on any atom is 0.254 e. The summed E-state index contributed by atoms with van der Waals surface area (Å²) < 4.78 is 0. The predicted molar refractivity (Wildman–Crippen MR) is 92.0 cm³/mol. The molecule has 0 atom stereocenters. The third-order valence-corrected chi connectivity index (χ3v) is 3.40. The molecule has 0 aliphatic rings. The third-order valence-electron chi connectivity index (χ3n) is 3.40. The molecular formula is C17H23N5O. The predicted octanol–water partition coefficient (Wildman–Crippen LogP) is 2.07. The molecule has 1 aromatic carbocycles. The Morgan fingerprint density at radius 1 is 1.17 bits per heavy atom. The minimum absolute atomic E-state index is 0.160. The molecule has 0 saturated heterocycles.